The molecule has 1 N–H and O–H groups in total. The Kier molecular flexibility index (Phi) is 4.79. The number of anilines is 2. The van der Waals surface area contributed by atoms with Gasteiger partial charge in [-0.3, -0.25) is 9.69 Å². The van der Waals surface area contributed by atoms with Crippen LogP contribution in [0, 0.1) is 5.82 Å². The van der Waals surface area contributed by atoms with E-state index in [9.17, 15) is 9.18 Å². The number of nitrogens with zero attached hydrogens (tertiary/aromatic N) is 4. The van der Waals surface area contributed by atoms with Gasteiger partial charge in [0.25, 0.3) is 0 Å². The second kappa shape index (κ2) is 7.37. The molecule has 2 fully saturated rings. The molecule has 136 valence electrons. The Balaban J connectivity index is 1.26. The normalized spacial score (nSPS) is 18.0. The van der Waals surface area contributed by atoms with E-state index in [-0.39, 0.29) is 11.7 Å². The molecule has 1 amide bonds. The fourth-order valence-electron chi connectivity index (χ4n) is 3.21. The SMILES string of the molecule is O=C(CN1CCN(c2ccc(C3CC3)nn2)CC1)Nc1cccc(F)c1. The van der Waals surface area contributed by atoms with Gasteiger partial charge >= 0.3 is 0 Å². The van der Waals surface area contributed by atoms with Crippen molar-refractivity contribution in [2.45, 2.75) is 18.8 Å². The van der Waals surface area contributed by atoms with Crippen molar-refractivity contribution in [1.29, 1.82) is 0 Å². The molecule has 1 aromatic heterocycles. The molecule has 0 radical (unpaired) electrons. The molecule has 1 aliphatic heterocycles. The van der Waals surface area contributed by atoms with Gasteiger partial charge in [-0.25, -0.2) is 4.39 Å². The fourth-order valence-corrected chi connectivity index (χ4v) is 3.21. The van der Waals surface area contributed by atoms with Crippen LogP contribution in [0.15, 0.2) is 36.4 Å². The summed E-state index contributed by atoms with van der Waals surface area (Å²) < 4.78 is 13.2. The lowest BCUT2D eigenvalue weighted by Crippen LogP contribution is -2.49. The lowest BCUT2D eigenvalue weighted by molar-refractivity contribution is -0.117. The van der Waals surface area contributed by atoms with E-state index in [0.29, 0.717) is 18.2 Å². The number of carbonyl (C=O) groups excluding carboxylic acids is 1. The van der Waals surface area contributed by atoms with Gasteiger partial charge < -0.3 is 10.2 Å². The van der Waals surface area contributed by atoms with Gasteiger partial charge in [-0.1, -0.05) is 6.07 Å². The number of benzene rings is 1. The summed E-state index contributed by atoms with van der Waals surface area (Å²) in [6.07, 6.45) is 2.45. The number of halogens is 1. The third-order valence-electron chi connectivity index (χ3n) is 4.84. The smallest absolute Gasteiger partial charge is 0.238 e. The van der Waals surface area contributed by atoms with E-state index in [1.165, 1.54) is 25.0 Å². The van der Waals surface area contributed by atoms with Crippen LogP contribution in [0.5, 0.6) is 0 Å². The largest absolute Gasteiger partial charge is 0.353 e. The molecule has 7 heteroatoms. The maximum Gasteiger partial charge on any atom is 0.238 e. The summed E-state index contributed by atoms with van der Waals surface area (Å²) in [4.78, 5) is 16.4. The standard InChI is InChI=1S/C19H22FN5O/c20-15-2-1-3-16(12-15)21-19(26)13-24-8-10-25(11-9-24)18-7-6-17(22-23-18)14-4-5-14/h1-3,6-7,12,14H,4-5,8-11,13H2,(H,21,26). The number of piperazine rings is 1. The van der Waals surface area contributed by atoms with Crippen molar-refractivity contribution in [3.8, 4) is 0 Å². The molecule has 1 saturated heterocycles. The molecular formula is C19H22FN5O. The van der Waals surface area contributed by atoms with Crippen LogP contribution in [0.3, 0.4) is 0 Å². The average Bonchev–Trinajstić information content (AvgIpc) is 3.48. The molecule has 0 spiro atoms. The Labute approximate surface area is 152 Å². The molecule has 26 heavy (non-hydrogen) atoms. The maximum atomic E-state index is 13.2. The fraction of sp³-hybridized carbons (Fsp3) is 0.421. The summed E-state index contributed by atoms with van der Waals surface area (Å²) >= 11 is 0. The second-order valence-corrected chi connectivity index (χ2v) is 6.91. The van der Waals surface area contributed by atoms with Gasteiger partial charge in [0.05, 0.1) is 12.2 Å². The highest BCUT2D eigenvalue weighted by Crippen LogP contribution is 2.38. The number of nitrogens with one attached hydrogen (secondary N) is 1. The lowest BCUT2D eigenvalue weighted by Gasteiger charge is -2.34. The molecule has 2 aliphatic rings. The van der Waals surface area contributed by atoms with Crippen LogP contribution in [0.4, 0.5) is 15.9 Å². The first-order valence-corrected chi connectivity index (χ1v) is 9.04. The lowest BCUT2D eigenvalue weighted by atomic mass is 10.2. The number of rotatable bonds is 5. The van der Waals surface area contributed by atoms with Crippen LogP contribution in [0.2, 0.25) is 0 Å². The molecular weight excluding hydrogens is 333 g/mol. The molecule has 0 unspecified atom stereocenters. The van der Waals surface area contributed by atoms with Crippen LogP contribution in [0.25, 0.3) is 0 Å². The third-order valence-corrected chi connectivity index (χ3v) is 4.84. The van der Waals surface area contributed by atoms with E-state index in [1.54, 1.807) is 12.1 Å². The van der Waals surface area contributed by atoms with Gasteiger partial charge in [-0.2, -0.15) is 5.10 Å². The van der Waals surface area contributed by atoms with Gasteiger partial charge in [0.2, 0.25) is 5.91 Å². The summed E-state index contributed by atoms with van der Waals surface area (Å²) in [6.45, 7) is 3.48. The average molecular weight is 355 g/mol. The topological polar surface area (TPSA) is 61.4 Å². The minimum absolute atomic E-state index is 0.127. The predicted octanol–water partition coefficient (Wildman–Crippen LogP) is 2.25. The molecule has 0 atom stereocenters. The highest BCUT2D eigenvalue weighted by Gasteiger charge is 2.26. The zero-order chi connectivity index (χ0) is 17.9. The minimum Gasteiger partial charge on any atom is -0.353 e. The molecule has 1 aliphatic carbocycles. The number of aromatic nitrogens is 2. The molecule has 0 bridgehead atoms. The van der Waals surface area contributed by atoms with E-state index in [4.69, 9.17) is 0 Å². The van der Waals surface area contributed by atoms with Crippen molar-refractivity contribution >= 4 is 17.4 Å². The summed E-state index contributed by atoms with van der Waals surface area (Å²) in [5, 5.41) is 11.4. The van der Waals surface area contributed by atoms with Crippen LogP contribution < -0.4 is 10.2 Å². The predicted molar refractivity (Wildman–Crippen MR) is 97.7 cm³/mol. The maximum absolute atomic E-state index is 13.2. The highest BCUT2D eigenvalue weighted by atomic mass is 19.1. The third kappa shape index (κ3) is 4.16. The van der Waals surface area contributed by atoms with Crippen molar-refractivity contribution in [3.05, 3.63) is 47.9 Å². The Morgan fingerprint density at radius 1 is 1.12 bits per heavy atom. The molecule has 4 rings (SSSR count). The molecule has 1 aromatic carbocycles. The van der Waals surface area contributed by atoms with Gasteiger partial charge in [0, 0.05) is 37.8 Å². The van der Waals surface area contributed by atoms with E-state index >= 15 is 0 Å². The van der Waals surface area contributed by atoms with Crippen molar-refractivity contribution in [2.24, 2.45) is 0 Å². The molecule has 2 aromatic rings. The quantitative estimate of drug-likeness (QED) is 0.891. The van der Waals surface area contributed by atoms with Gasteiger partial charge in [0.1, 0.15) is 5.82 Å². The van der Waals surface area contributed by atoms with E-state index in [2.05, 4.69) is 31.4 Å². The Morgan fingerprint density at radius 2 is 1.92 bits per heavy atom. The number of hydrogen-bond donors (Lipinski definition) is 1. The van der Waals surface area contributed by atoms with Crippen molar-refractivity contribution in [2.75, 3.05) is 42.9 Å². The second-order valence-electron chi connectivity index (χ2n) is 6.91. The zero-order valence-corrected chi connectivity index (χ0v) is 14.6. The van der Waals surface area contributed by atoms with E-state index in [1.807, 2.05) is 6.07 Å². The first-order valence-electron chi connectivity index (χ1n) is 9.04. The number of carbonyl (C=O) groups is 1. The molecule has 1 saturated carbocycles. The van der Waals surface area contributed by atoms with Crippen molar-refractivity contribution in [3.63, 3.8) is 0 Å². The van der Waals surface area contributed by atoms with Crippen LogP contribution >= 0.6 is 0 Å². The van der Waals surface area contributed by atoms with Crippen molar-refractivity contribution < 1.29 is 9.18 Å². The summed E-state index contributed by atoms with van der Waals surface area (Å²) in [7, 11) is 0. The first-order chi connectivity index (χ1) is 12.7. The zero-order valence-electron chi connectivity index (χ0n) is 14.6. The van der Waals surface area contributed by atoms with Crippen LogP contribution in [-0.2, 0) is 4.79 Å². The Morgan fingerprint density at radius 3 is 2.58 bits per heavy atom. The van der Waals surface area contributed by atoms with E-state index < -0.39 is 0 Å². The van der Waals surface area contributed by atoms with Gasteiger partial charge in [0.15, 0.2) is 5.82 Å². The first kappa shape index (κ1) is 16.9. The monoisotopic (exact) mass is 355 g/mol. The number of amides is 1. The van der Waals surface area contributed by atoms with Crippen molar-refractivity contribution in [1.82, 2.24) is 15.1 Å². The summed E-state index contributed by atoms with van der Waals surface area (Å²) in [5.74, 6) is 1.03. The number of hydrogen-bond acceptors (Lipinski definition) is 5. The summed E-state index contributed by atoms with van der Waals surface area (Å²) in [6, 6.07) is 10.1. The Bertz CT molecular complexity index is 770. The molecule has 6 nitrogen and oxygen atoms in total. The minimum atomic E-state index is -0.356. The van der Waals surface area contributed by atoms with E-state index in [0.717, 1.165) is 37.7 Å². The van der Waals surface area contributed by atoms with Crippen LogP contribution in [-0.4, -0.2) is 53.7 Å². The highest BCUT2D eigenvalue weighted by molar-refractivity contribution is 5.92. The van der Waals surface area contributed by atoms with Gasteiger partial charge in [-0.15, -0.1) is 5.10 Å². The summed E-state index contributed by atoms with van der Waals surface area (Å²) in [5.41, 5.74) is 1.58. The molecule has 2 heterocycles. The van der Waals surface area contributed by atoms with Crippen LogP contribution in [0.1, 0.15) is 24.5 Å². The Hall–Kier alpha value is -2.54. The van der Waals surface area contributed by atoms with Gasteiger partial charge in [-0.05, 0) is 43.2 Å².